The van der Waals surface area contributed by atoms with Crippen molar-refractivity contribution in [3.63, 3.8) is 0 Å². The van der Waals surface area contributed by atoms with Crippen molar-refractivity contribution in [3.05, 3.63) is 72.2 Å². The summed E-state index contributed by atoms with van der Waals surface area (Å²) in [4.78, 5) is 21.9. The number of amides is 2. The van der Waals surface area contributed by atoms with Crippen LogP contribution >= 0.6 is 11.3 Å². The Kier molecular flexibility index (Phi) is 6.73. The molecule has 0 spiro atoms. The number of likely N-dealkylation sites (N-methyl/N-ethyl adjacent to an activating group) is 1. The van der Waals surface area contributed by atoms with E-state index in [9.17, 15) is 9.18 Å². The lowest BCUT2D eigenvalue weighted by Crippen LogP contribution is -2.39. The van der Waals surface area contributed by atoms with Crippen LogP contribution in [0.25, 0.3) is 10.4 Å². The molecule has 0 saturated carbocycles. The largest absolute Gasteiger partial charge is 0.323 e. The number of nitrogens with one attached hydrogen (secondary N) is 1. The van der Waals surface area contributed by atoms with Crippen LogP contribution in [0.1, 0.15) is 5.56 Å². The number of thiazole rings is 1. The number of hydrogen-bond donors (Lipinski definition) is 1. The maximum absolute atomic E-state index is 13.2. The number of carbonyl (C=O) groups is 1. The maximum Gasteiger partial charge on any atom is 0.323 e. The molecule has 0 aliphatic carbocycles. The third-order valence-electron chi connectivity index (χ3n) is 4.17. The average Bonchev–Trinajstić information content (AvgIpc) is 3.15. The van der Waals surface area contributed by atoms with E-state index in [1.165, 1.54) is 23.5 Å². The highest BCUT2D eigenvalue weighted by Gasteiger charge is 2.16. The lowest BCUT2D eigenvalue weighted by atomic mass is 10.2. The number of carbonyl (C=O) groups excluding carboxylic acids is 1. The van der Waals surface area contributed by atoms with Crippen molar-refractivity contribution in [2.75, 3.05) is 32.5 Å². The van der Waals surface area contributed by atoms with Gasteiger partial charge in [-0.25, -0.2) is 14.2 Å². The fourth-order valence-electron chi connectivity index (χ4n) is 2.62. The van der Waals surface area contributed by atoms with Crippen LogP contribution < -0.4 is 5.32 Å². The number of rotatable bonds is 7. The quantitative estimate of drug-likeness (QED) is 0.635. The van der Waals surface area contributed by atoms with Crippen LogP contribution in [-0.2, 0) is 6.54 Å². The van der Waals surface area contributed by atoms with Crippen molar-refractivity contribution in [1.82, 2.24) is 14.8 Å². The van der Waals surface area contributed by atoms with Gasteiger partial charge in [-0.15, -0.1) is 0 Å². The van der Waals surface area contributed by atoms with Gasteiger partial charge in [0.2, 0.25) is 0 Å². The molecular formula is C21H23FN4OS. The summed E-state index contributed by atoms with van der Waals surface area (Å²) in [5.41, 5.74) is 1.94. The van der Waals surface area contributed by atoms with Crippen molar-refractivity contribution >= 4 is 22.5 Å². The first-order valence-corrected chi connectivity index (χ1v) is 9.79. The standard InChI is InChI=1S/C21H23FN4OS/c1-25(2)12-13-26(15-16-8-10-18(22)11-9-16)21(27)24-20-23-14-19(28-20)17-6-4-3-5-7-17/h3-11,14H,12-13,15H2,1-2H3,(H,23,24,27). The number of nitrogens with zero attached hydrogens (tertiary/aromatic N) is 3. The van der Waals surface area contributed by atoms with Crippen LogP contribution in [-0.4, -0.2) is 48.0 Å². The molecule has 7 heteroatoms. The van der Waals surface area contributed by atoms with Gasteiger partial charge in [0.25, 0.3) is 0 Å². The molecule has 146 valence electrons. The zero-order valence-corrected chi connectivity index (χ0v) is 16.7. The van der Waals surface area contributed by atoms with Crippen molar-refractivity contribution in [3.8, 4) is 10.4 Å². The molecule has 0 unspecified atom stereocenters. The lowest BCUT2D eigenvalue weighted by Gasteiger charge is -2.24. The van der Waals surface area contributed by atoms with Crippen LogP contribution in [0, 0.1) is 5.82 Å². The Morgan fingerprint density at radius 3 is 2.46 bits per heavy atom. The summed E-state index contributed by atoms with van der Waals surface area (Å²) in [5.74, 6) is -0.288. The Hall–Kier alpha value is -2.77. The van der Waals surface area contributed by atoms with E-state index in [1.807, 2.05) is 49.3 Å². The van der Waals surface area contributed by atoms with Gasteiger partial charge in [-0.05, 0) is 37.4 Å². The molecule has 2 amide bonds. The van der Waals surface area contributed by atoms with E-state index >= 15 is 0 Å². The van der Waals surface area contributed by atoms with E-state index in [-0.39, 0.29) is 11.8 Å². The highest BCUT2D eigenvalue weighted by atomic mass is 32.1. The van der Waals surface area contributed by atoms with Gasteiger partial charge in [0.1, 0.15) is 5.82 Å². The molecule has 1 heterocycles. The summed E-state index contributed by atoms with van der Waals surface area (Å²) in [6.07, 6.45) is 1.76. The van der Waals surface area contributed by atoms with Gasteiger partial charge in [0.05, 0.1) is 4.88 Å². The normalized spacial score (nSPS) is 10.9. The molecule has 2 aromatic carbocycles. The second-order valence-electron chi connectivity index (χ2n) is 6.68. The molecule has 28 heavy (non-hydrogen) atoms. The molecule has 0 bridgehead atoms. The summed E-state index contributed by atoms with van der Waals surface area (Å²) in [6, 6.07) is 15.9. The maximum atomic E-state index is 13.2. The SMILES string of the molecule is CN(C)CCN(Cc1ccc(F)cc1)C(=O)Nc1ncc(-c2ccccc2)s1. The monoisotopic (exact) mass is 398 g/mol. The fourth-order valence-corrected chi connectivity index (χ4v) is 3.43. The molecule has 3 aromatic rings. The van der Waals surface area contributed by atoms with E-state index in [0.717, 1.165) is 22.5 Å². The van der Waals surface area contributed by atoms with Crippen LogP contribution in [0.2, 0.25) is 0 Å². The molecule has 0 aliphatic heterocycles. The topological polar surface area (TPSA) is 48.5 Å². The van der Waals surface area contributed by atoms with Gasteiger partial charge < -0.3 is 9.80 Å². The van der Waals surface area contributed by atoms with Crippen molar-refractivity contribution in [2.45, 2.75) is 6.54 Å². The van der Waals surface area contributed by atoms with Gasteiger partial charge in [0.15, 0.2) is 5.13 Å². The lowest BCUT2D eigenvalue weighted by molar-refractivity contribution is 0.202. The Morgan fingerprint density at radius 2 is 1.79 bits per heavy atom. The van der Waals surface area contributed by atoms with Gasteiger partial charge in [-0.3, -0.25) is 5.32 Å². The minimum Gasteiger partial charge on any atom is -0.319 e. The van der Waals surface area contributed by atoms with Crippen molar-refractivity contribution < 1.29 is 9.18 Å². The van der Waals surface area contributed by atoms with E-state index in [4.69, 9.17) is 0 Å². The molecule has 3 rings (SSSR count). The Balaban J connectivity index is 1.69. The zero-order valence-electron chi connectivity index (χ0n) is 15.9. The summed E-state index contributed by atoms with van der Waals surface area (Å²) < 4.78 is 13.2. The molecule has 0 saturated heterocycles. The van der Waals surface area contributed by atoms with Crippen LogP contribution in [0.4, 0.5) is 14.3 Å². The molecule has 1 N–H and O–H groups in total. The molecule has 1 aromatic heterocycles. The average molecular weight is 399 g/mol. The van der Waals surface area contributed by atoms with Gasteiger partial charge in [-0.2, -0.15) is 0 Å². The fraction of sp³-hybridized carbons (Fsp3) is 0.238. The van der Waals surface area contributed by atoms with Crippen molar-refractivity contribution in [1.29, 1.82) is 0 Å². The summed E-state index contributed by atoms with van der Waals surface area (Å²) in [6.45, 7) is 1.67. The molecule has 0 fully saturated rings. The predicted octanol–water partition coefficient (Wildman–Crippen LogP) is 4.54. The Bertz CT molecular complexity index is 896. The first kappa shape index (κ1) is 20.0. The minimum atomic E-state index is -0.288. The van der Waals surface area contributed by atoms with Gasteiger partial charge in [0, 0.05) is 25.8 Å². The van der Waals surface area contributed by atoms with Crippen LogP contribution in [0.5, 0.6) is 0 Å². The summed E-state index contributed by atoms with van der Waals surface area (Å²) in [7, 11) is 3.92. The van der Waals surface area contributed by atoms with E-state index in [1.54, 1.807) is 23.2 Å². The third kappa shape index (κ3) is 5.61. The number of benzene rings is 2. The predicted molar refractivity (Wildman–Crippen MR) is 112 cm³/mol. The number of urea groups is 1. The summed E-state index contributed by atoms with van der Waals surface area (Å²) >= 11 is 1.43. The van der Waals surface area contributed by atoms with Gasteiger partial charge in [-0.1, -0.05) is 53.8 Å². The van der Waals surface area contributed by atoms with E-state index < -0.39 is 0 Å². The molecule has 0 atom stereocenters. The molecule has 0 radical (unpaired) electrons. The van der Waals surface area contributed by atoms with E-state index in [2.05, 4.69) is 10.3 Å². The zero-order chi connectivity index (χ0) is 19.9. The highest BCUT2D eigenvalue weighted by molar-refractivity contribution is 7.19. The number of aromatic nitrogens is 1. The second-order valence-corrected chi connectivity index (χ2v) is 7.71. The molecule has 0 aliphatic rings. The van der Waals surface area contributed by atoms with Crippen molar-refractivity contribution in [2.24, 2.45) is 0 Å². The minimum absolute atomic E-state index is 0.222. The third-order valence-corrected chi connectivity index (χ3v) is 5.13. The first-order chi connectivity index (χ1) is 13.5. The summed E-state index contributed by atoms with van der Waals surface area (Å²) in [5, 5.41) is 3.44. The highest BCUT2D eigenvalue weighted by Crippen LogP contribution is 2.28. The Labute approximate surface area is 168 Å². The second kappa shape index (κ2) is 9.43. The molecular weight excluding hydrogens is 375 g/mol. The van der Waals surface area contributed by atoms with Gasteiger partial charge >= 0.3 is 6.03 Å². The number of halogens is 1. The van der Waals surface area contributed by atoms with Crippen LogP contribution in [0.15, 0.2) is 60.8 Å². The Morgan fingerprint density at radius 1 is 1.07 bits per heavy atom. The molecule has 5 nitrogen and oxygen atoms in total. The number of hydrogen-bond acceptors (Lipinski definition) is 4. The number of anilines is 1. The smallest absolute Gasteiger partial charge is 0.319 e. The first-order valence-electron chi connectivity index (χ1n) is 8.97. The van der Waals surface area contributed by atoms with E-state index in [0.29, 0.717) is 18.2 Å². The van der Waals surface area contributed by atoms with Crippen LogP contribution in [0.3, 0.4) is 0 Å².